The second-order valence-electron chi connectivity index (χ2n) is 5.09. The number of amides is 1. The molecule has 0 aromatic carbocycles. The zero-order valence-corrected chi connectivity index (χ0v) is 13.5. The smallest absolute Gasteiger partial charge is 0.328 e. The number of hydrogen-bond acceptors (Lipinski definition) is 4. The fourth-order valence-corrected chi connectivity index (χ4v) is 3.95. The summed E-state index contributed by atoms with van der Waals surface area (Å²) in [5.74, 6) is -1.05. The maximum Gasteiger partial charge on any atom is 0.328 e. The lowest BCUT2D eigenvalue weighted by Gasteiger charge is -2.27. The van der Waals surface area contributed by atoms with Crippen LogP contribution in [0, 0.1) is 0 Å². The summed E-state index contributed by atoms with van der Waals surface area (Å²) >= 11 is 3.28. The van der Waals surface area contributed by atoms with Gasteiger partial charge in [0.15, 0.2) is 0 Å². The van der Waals surface area contributed by atoms with Crippen LogP contribution in [0.2, 0.25) is 0 Å². The standard InChI is InChI=1S/C15H19NO3S2/c1-20-12-4-2-11(3-5-12)16-15(19)10-8-13(21-9-10)6-7-14(17)18/h6-9,11-12H,2-5H2,1H3,(H,16,19)(H,17,18)/b7-6+. The van der Waals surface area contributed by atoms with Gasteiger partial charge in [0.25, 0.3) is 5.91 Å². The molecule has 6 heteroatoms. The number of carboxylic acid groups (broad SMARTS) is 1. The van der Waals surface area contributed by atoms with E-state index in [1.54, 1.807) is 11.4 Å². The summed E-state index contributed by atoms with van der Waals surface area (Å²) < 4.78 is 0. The second kappa shape index (κ2) is 7.66. The van der Waals surface area contributed by atoms with Crippen molar-refractivity contribution in [1.29, 1.82) is 0 Å². The molecule has 1 aliphatic rings. The van der Waals surface area contributed by atoms with E-state index in [-0.39, 0.29) is 11.9 Å². The molecule has 114 valence electrons. The largest absolute Gasteiger partial charge is 0.478 e. The van der Waals surface area contributed by atoms with Crippen molar-refractivity contribution in [3.8, 4) is 0 Å². The van der Waals surface area contributed by atoms with Crippen molar-refractivity contribution in [2.24, 2.45) is 0 Å². The van der Waals surface area contributed by atoms with Gasteiger partial charge in [0, 0.05) is 27.6 Å². The Morgan fingerprint density at radius 1 is 1.38 bits per heavy atom. The summed E-state index contributed by atoms with van der Waals surface area (Å²) in [5, 5.41) is 14.2. The molecule has 2 N–H and O–H groups in total. The molecule has 0 bridgehead atoms. The lowest BCUT2D eigenvalue weighted by molar-refractivity contribution is -0.131. The van der Waals surface area contributed by atoms with Crippen LogP contribution >= 0.6 is 23.1 Å². The van der Waals surface area contributed by atoms with Crippen LogP contribution in [0.25, 0.3) is 6.08 Å². The molecule has 1 amide bonds. The number of thioether (sulfide) groups is 1. The predicted octanol–water partition coefficient (Wildman–Crippen LogP) is 3.25. The molecule has 1 fully saturated rings. The van der Waals surface area contributed by atoms with Gasteiger partial charge in [0.2, 0.25) is 0 Å². The van der Waals surface area contributed by atoms with Gasteiger partial charge in [-0.05, 0) is 44.1 Å². The maximum absolute atomic E-state index is 12.2. The lowest BCUT2D eigenvalue weighted by atomic mass is 9.95. The summed E-state index contributed by atoms with van der Waals surface area (Å²) in [7, 11) is 0. The highest BCUT2D eigenvalue weighted by molar-refractivity contribution is 7.99. The van der Waals surface area contributed by atoms with E-state index in [0.717, 1.165) is 41.9 Å². The molecule has 21 heavy (non-hydrogen) atoms. The summed E-state index contributed by atoms with van der Waals surface area (Å²) in [4.78, 5) is 23.4. The number of carbonyl (C=O) groups excluding carboxylic acids is 1. The molecule has 1 aliphatic carbocycles. The van der Waals surface area contributed by atoms with Crippen molar-refractivity contribution >= 4 is 41.1 Å². The van der Waals surface area contributed by atoms with E-state index in [1.165, 1.54) is 17.4 Å². The first kappa shape index (κ1) is 16.1. The number of carbonyl (C=O) groups is 2. The number of aliphatic carboxylic acids is 1. The van der Waals surface area contributed by atoms with E-state index in [2.05, 4.69) is 11.6 Å². The molecule has 0 atom stereocenters. The van der Waals surface area contributed by atoms with Crippen LogP contribution in [0.4, 0.5) is 0 Å². The summed E-state index contributed by atoms with van der Waals surface area (Å²) in [6, 6.07) is 1.99. The van der Waals surface area contributed by atoms with Crippen molar-refractivity contribution in [1.82, 2.24) is 5.32 Å². The van der Waals surface area contributed by atoms with Gasteiger partial charge < -0.3 is 10.4 Å². The van der Waals surface area contributed by atoms with E-state index in [4.69, 9.17) is 5.11 Å². The Morgan fingerprint density at radius 3 is 2.71 bits per heavy atom. The topological polar surface area (TPSA) is 66.4 Å². The van der Waals surface area contributed by atoms with Crippen LogP contribution in [-0.2, 0) is 4.79 Å². The van der Waals surface area contributed by atoms with Crippen molar-refractivity contribution in [3.05, 3.63) is 28.0 Å². The van der Waals surface area contributed by atoms with Crippen LogP contribution in [0.1, 0.15) is 40.9 Å². The Labute approximate surface area is 132 Å². The molecule has 0 saturated heterocycles. The Hall–Kier alpha value is -1.27. The van der Waals surface area contributed by atoms with Gasteiger partial charge in [0.05, 0.1) is 5.56 Å². The number of rotatable bonds is 5. The van der Waals surface area contributed by atoms with E-state index in [0.29, 0.717) is 5.56 Å². The molecule has 4 nitrogen and oxygen atoms in total. The number of carboxylic acids is 1. The zero-order valence-electron chi connectivity index (χ0n) is 11.9. The van der Waals surface area contributed by atoms with E-state index >= 15 is 0 Å². The average Bonchev–Trinajstić information content (AvgIpc) is 2.95. The van der Waals surface area contributed by atoms with Crippen LogP contribution in [-0.4, -0.2) is 34.5 Å². The second-order valence-corrected chi connectivity index (χ2v) is 7.17. The third-order valence-electron chi connectivity index (χ3n) is 3.61. The van der Waals surface area contributed by atoms with Gasteiger partial charge >= 0.3 is 5.97 Å². The Morgan fingerprint density at radius 2 is 2.10 bits per heavy atom. The monoisotopic (exact) mass is 325 g/mol. The first-order valence-corrected chi connectivity index (χ1v) is 9.08. The molecule has 0 radical (unpaired) electrons. The fourth-order valence-electron chi connectivity index (χ4n) is 2.42. The normalized spacial score (nSPS) is 22.3. The fraction of sp³-hybridized carbons (Fsp3) is 0.467. The van der Waals surface area contributed by atoms with Crippen LogP contribution in [0.5, 0.6) is 0 Å². The third-order valence-corrected chi connectivity index (χ3v) is 5.65. The molecule has 0 spiro atoms. The first-order chi connectivity index (χ1) is 10.1. The Bertz CT molecular complexity index is 531. The highest BCUT2D eigenvalue weighted by atomic mass is 32.2. The van der Waals surface area contributed by atoms with Crippen molar-refractivity contribution in [2.45, 2.75) is 37.0 Å². The summed E-state index contributed by atoms with van der Waals surface area (Å²) in [5.41, 5.74) is 0.608. The van der Waals surface area contributed by atoms with Gasteiger partial charge in [-0.15, -0.1) is 11.3 Å². The third kappa shape index (κ3) is 4.89. The van der Waals surface area contributed by atoms with Gasteiger partial charge in [-0.25, -0.2) is 4.79 Å². The minimum atomic E-state index is -0.986. The maximum atomic E-state index is 12.2. The van der Waals surface area contributed by atoms with Crippen molar-refractivity contribution in [3.63, 3.8) is 0 Å². The highest BCUT2D eigenvalue weighted by Crippen LogP contribution is 2.27. The molecule has 1 saturated carbocycles. The molecular weight excluding hydrogens is 306 g/mol. The average molecular weight is 325 g/mol. The molecule has 0 aliphatic heterocycles. The van der Waals surface area contributed by atoms with Gasteiger partial charge in [-0.3, -0.25) is 4.79 Å². The van der Waals surface area contributed by atoms with Gasteiger partial charge in [-0.1, -0.05) is 0 Å². The quantitative estimate of drug-likeness (QED) is 0.816. The van der Waals surface area contributed by atoms with Crippen LogP contribution < -0.4 is 5.32 Å². The van der Waals surface area contributed by atoms with Crippen LogP contribution in [0.15, 0.2) is 17.5 Å². The van der Waals surface area contributed by atoms with E-state index in [1.807, 2.05) is 11.8 Å². The van der Waals surface area contributed by atoms with Crippen molar-refractivity contribution < 1.29 is 14.7 Å². The number of nitrogens with one attached hydrogen (secondary N) is 1. The lowest BCUT2D eigenvalue weighted by Crippen LogP contribution is -2.37. The van der Waals surface area contributed by atoms with Crippen LogP contribution in [0.3, 0.4) is 0 Å². The minimum absolute atomic E-state index is 0.0613. The predicted molar refractivity (Wildman–Crippen MR) is 88.0 cm³/mol. The molecule has 2 rings (SSSR count). The zero-order chi connectivity index (χ0) is 15.2. The summed E-state index contributed by atoms with van der Waals surface area (Å²) in [6.07, 6.45) is 9.11. The molecule has 0 unspecified atom stereocenters. The van der Waals surface area contributed by atoms with E-state index < -0.39 is 5.97 Å². The summed E-state index contributed by atoms with van der Waals surface area (Å²) in [6.45, 7) is 0. The SMILES string of the molecule is CSC1CCC(NC(=O)c2csc(/C=C/C(=O)O)c2)CC1. The van der Waals surface area contributed by atoms with Crippen molar-refractivity contribution in [2.75, 3.05) is 6.26 Å². The molecule has 1 heterocycles. The Balaban J connectivity index is 1.88. The Kier molecular flexibility index (Phi) is 5.87. The molecule has 1 aromatic rings. The first-order valence-electron chi connectivity index (χ1n) is 6.91. The highest BCUT2D eigenvalue weighted by Gasteiger charge is 2.22. The minimum Gasteiger partial charge on any atom is -0.478 e. The van der Waals surface area contributed by atoms with Gasteiger partial charge in [-0.2, -0.15) is 11.8 Å². The van der Waals surface area contributed by atoms with Gasteiger partial charge in [0.1, 0.15) is 0 Å². The van der Waals surface area contributed by atoms with E-state index in [9.17, 15) is 9.59 Å². The number of hydrogen-bond donors (Lipinski definition) is 2. The molecule has 1 aromatic heterocycles. The number of thiophene rings is 1. The molecular formula is C15H19NO3S2.